The van der Waals surface area contributed by atoms with Crippen molar-refractivity contribution in [2.24, 2.45) is 0 Å². The minimum atomic E-state index is -1.16. The molecule has 0 saturated carbocycles. The first kappa shape index (κ1) is 14.3. The Labute approximate surface area is 118 Å². The van der Waals surface area contributed by atoms with Crippen molar-refractivity contribution in [3.05, 3.63) is 16.6 Å². The molecule has 1 aliphatic rings. The Hall–Kier alpha value is -2.16. The summed E-state index contributed by atoms with van der Waals surface area (Å²) in [4.78, 5) is 38.1. The van der Waals surface area contributed by atoms with E-state index in [2.05, 4.69) is 15.6 Å². The lowest BCUT2D eigenvalue weighted by Gasteiger charge is -2.17. The number of aliphatic carboxylic acids is 1. The molecule has 3 N–H and O–H groups in total. The van der Waals surface area contributed by atoms with E-state index >= 15 is 0 Å². The van der Waals surface area contributed by atoms with Gasteiger partial charge in [0.1, 0.15) is 18.2 Å². The third kappa shape index (κ3) is 3.23. The van der Waals surface area contributed by atoms with Crippen LogP contribution in [0.4, 0.5) is 4.79 Å². The van der Waals surface area contributed by atoms with Gasteiger partial charge in [-0.15, -0.1) is 11.3 Å². The highest BCUT2D eigenvalue weighted by molar-refractivity contribution is 7.07. The first-order chi connectivity index (χ1) is 9.47. The largest absolute Gasteiger partial charge is 0.480 e. The van der Waals surface area contributed by atoms with Crippen LogP contribution in [0.1, 0.15) is 12.6 Å². The lowest BCUT2D eigenvalue weighted by atomic mass is 10.1. The number of thiazole rings is 1. The van der Waals surface area contributed by atoms with Gasteiger partial charge >= 0.3 is 12.1 Å². The Morgan fingerprint density at radius 1 is 1.65 bits per heavy atom. The quantitative estimate of drug-likeness (QED) is 0.690. The maximum atomic E-state index is 12.0. The average molecular weight is 299 g/mol. The minimum Gasteiger partial charge on any atom is -0.480 e. The molecule has 2 amide bonds. The van der Waals surface area contributed by atoms with Crippen LogP contribution in [0.5, 0.6) is 0 Å². The first-order valence-electron chi connectivity index (χ1n) is 5.84. The highest BCUT2D eigenvalue weighted by Crippen LogP contribution is 2.09. The van der Waals surface area contributed by atoms with Crippen molar-refractivity contribution in [3.63, 3.8) is 0 Å². The number of nitrogens with one attached hydrogen (secondary N) is 2. The molecular formula is C11H13N3O5S. The summed E-state index contributed by atoms with van der Waals surface area (Å²) in [5, 5.41) is 15.5. The Balaban J connectivity index is 1.99. The number of nitrogens with zero attached hydrogens (tertiary/aromatic N) is 1. The molecule has 3 atom stereocenters. The summed E-state index contributed by atoms with van der Waals surface area (Å²) in [5.41, 5.74) is 2.17. The van der Waals surface area contributed by atoms with Crippen LogP contribution in [-0.4, -0.2) is 46.2 Å². The van der Waals surface area contributed by atoms with Crippen molar-refractivity contribution < 1.29 is 24.2 Å². The van der Waals surface area contributed by atoms with Gasteiger partial charge in [-0.2, -0.15) is 0 Å². The highest BCUT2D eigenvalue weighted by Gasteiger charge is 2.37. The van der Waals surface area contributed by atoms with Crippen LogP contribution in [0.3, 0.4) is 0 Å². The molecule has 1 aromatic heterocycles. The fourth-order valence-electron chi connectivity index (χ4n) is 1.80. The number of alkyl carbamates (subject to hydrolysis) is 1. The van der Waals surface area contributed by atoms with Crippen molar-refractivity contribution in [2.45, 2.75) is 31.5 Å². The minimum absolute atomic E-state index is 0.0838. The topological polar surface area (TPSA) is 118 Å². The van der Waals surface area contributed by atoms with Crippen molar-refractivity contribution in [3.8, 4) is 0 Å². The number of carbonyl (C=O) groups is 3. The van der Waals surface area contributed by atoms with Crippen LogP contribution < -0.4 is 10.6 Å². The summed E-state index contributed by atoms with van der Waals surface area (Å²) in [6.45, 7) is 1.55. The van der Waals surface area contributed by atoms with Gasteiger partial charge in [-0.1, -0.05) is 0 Å². The Bertz CT molecular complexity index is 518. The summed E-state index contributed by atoms with van der Waals surface area (Å²) < 4.78 is 4.77. The lowest BCUT2D eigenvalue weighted by molar-refractivity contribution is -0.142. The molecule has 108 valence electrons. The molecule has 1 aromatic rings. The smallest absolute Gasteiger partial charge is 0.408 e. The Morgan fingerprint density at radius 2 is 2.40 bits per heavy atom. The second-order valence-corrected chi connectivity index (χ2v) is 5.03. The maximum absolute atomic E-state index is 12.0. The van der Waals surface area contributed by atoms with Gasteiger partial charge in [0, 0.05) is 11.8 Å². The third-order valence-corrected chi connectivity index (χ3v) is 3.46. The summed E-state index contributed by atoms with van der Waals surface area (Å²) >= 11 is 1.34. The van der Waals surface area contributed by atoms with Crippen molar-refractivity contribution in [1.82, 2.24) is 15.6 Å². The van der Waals surface area contributed by atoms with Crippen LogP contribution in [0.25, 0.3) is 0 Å². The molecule has 0 unspecified atom stereocenters. The highest BCUT2D eigenvalue weighted by atomic mass is 32.1. The summed E-state index contributed by atoms with van der Waals surface area (Å²) in [6.07, 6.45) is -1.25. The predicted molar refractivity (Wildman–Crippen MR) is 68.3 cm³/mol. The van der Waals surface area contributed by atoms with Gasteiger partial charge in [-0.05, 0) is 6.92 Å². The fraction of sp³-hybridized carbons (Fsp3) is 0.455. The van der Waals surface area contributed by atoms with Crippen molar-refractivity contribution in [2.75, 3.05) is 0 Å². The van der Waals surface area contributed by atoms with Crippen LogP contribution in [-0.2, 0) is 20.7 Å². The molecule has 2 heterocycles. The number of rotatable bonds is 5. The molecule has 0 aliphatic carbocycles. The van der Waals surface area contributed by atoms with Crippen molar-refractivity contribution >= 4 is 29.3 Å². The maximum Gasteiger partial charge on any atom is 0.408 e. The summed E-state index contributed by atoms with van der Waals surface area (Å²) in [6, 6.07) is -1.99. The van der Waals surface area contributed by atoms with Gasteiger partial charge in [0.05, 0.1) is 11.2 Å². The molecule has 1 aliphatic heterocycles. The first-order valence-corrected chi connectivity index (χ1v) is 6.79. The number of hydrogen-bond donors (Lipinski definition) is 3. The number of cyclic esters (lactones) is 1. The van der Waals surface area contributed by atoms with Crippen LogP contribution in [0.2, 0.25) is 0 Å². The van der Waals surface area contributed by atoms with E-state index < -0.39 is 36.2 Å². The number of aromatic nitrogens is 1. The van der Waals surface area contributed by atoms with E-state index in [0.29, 0.717) is 5.69 Å². The van der Waals surface area contributed by atoms with E-state index in [0.717, 1.165) is 0 Å². The van der Waals surface area contributed by atoms with Gasteiger partial charge in [0.15, 0.2) is 0 Å². The Morgan fingerprint density at radius 3 is 2.90 bits per heavy atom. The monoisotopic (exact) mass is 299 g/mol. The lowest BCUT2D eigenvalue weighted by Crippen LogP contribution is -2.52. The van der Waals surface area contributed by atoms with Gasteiger partial charge < -0.3 is 20.5 Å². The molecule has 1 saturated heterocycles. The third-order valence-electron chi connectivity index (χ3n) is 2.83. The number of carboxylic acids is 1. The second-order valence-electron chi connectivity index (χ2n) is 4.32. The normalized spacial score (nSPS) is 22.8. The zero-order valence-corrected chi connectivity index (χ0v) is 11.3. The van der Waals surface area contributed by atoms with Gasteiger partial charge in [-0.3, -0.25) is 4.79 Å². The summed E-state index contributed by atoms with van der Waals surface area (Å²) in [5.74, 6) is -1.75. The number of carbonyl (C=O) groups excluding carboxylic acids is 2. The molecule has 0 radical (unpaired) electrons. The van der Waals surface area contributed by atoms with E-state index in [-0.39, 0.29) is 6.42 Å². The predicted octanol–water partition coefficient (Wildman–Crippen LogP) is -0.248. The Kier molecular flexibility index (Phi) is 4.18. The van der Waals surface area contributed by atoms with Crippen molar-refractivity contribution in [1.29, 1.82) is 0 Å². The number of hydrogen-bond acceptors (Lipinski definition) is 6. The molecule has 0 spiro atoms. The van der Waals surface area contributed by atoms with E-state index in [1.54, 1.807) is 17.8 Å². The molecular weight excluding hydrogens is 286 g/mol. The molecule has 20 heavy (non-hydrogen) atoms. The number of amides is 2. The summed E-state index contributed by atoms with van der Waals surface area (Å²) in [7, 11) is 0. The molecule has 8 nitrogen and oxygen atoms in total. The molecule has 2 rings (SSSR count). The van der Waals surface area contributed by atoms with Gasteiger partial charge in [0.2, 0.25) is 5.91 Å². The SMILES string of the molecule is C[C@@H]1OC(=O)N[C@@H]1C(=O)N[C@H](Cc1cscn1)C(=O)O. The zero-order chi connectivity index (χ0) is 14.7. The van der Waals surface area contributed by atoms with Crippen LogP contribution in [0.15, 0.2) is 10.9 Å². The van der Waals surface area contributed by atoms with Crippen LogP contribution >= 0.6 is 11.3 Å². The zero-order valence-electron chi connectivity index (χ0n) is 10.5. The molecule has 0 bridgehead atoms. The van der Waals surface area contributed by atoms with E-state index in [1.807, 2.05) is 0 Å². The van der Waals surface area contributed by atoms with Crippen LogP contribution in [0, 0.1) is 0 Å². The standard InChI is InChI=1S/C11H13N3O5S/c1-5-8(14-11(18)19-5)9(15)13-7(10(16)17)2-6-3-20-4-12-6/h3-5,7-8H,2H2,1H3,(H,13,15)(H,14,18)(H,16,17)/t5-,7+,8-/m0/s1. The van der Waals surface area contributed by atoms with Gasteiger partial charge in [0.25, 0.3) is 0 Å². The molecule has 9 heteroatoms. The van der Waals surface area contributed by atoms with E-state index in [9.17, 15) is 14.4 Å². The fourth-order valence-corrected chi connectivity index (χ4v) is 2.37. The number of carboxylic acid groups (broad SMARTS) is 1. The average Bonchev–Trinajstić information content (AvgIpc) is 2.97. The van der Waals surface area contributed by atoms with E-state index in [1.165, 1.54) is 11.3 Å². The second kappa shape index (κ2) is 5.87. The molecule has 0 aromatic carbocycles. The van der Waals surface area contributed by atoms with E-state index in [4.69, 9.17) is 9.84 Å². The molecule has 1 fully saturated rings. The van der Waals surface area contributed by atoms with Gasteiger partial charge in [-0.25, -0.2) is 14.6 Å². The number of ether oxygens (including phenoxy) is 1.